The summed E-state index contributed by atoms with van der Waals surface area (Å²) in [5, 5.41) is 8.34. The maximum absolute atomic E-state index is 12.6. The second kappa shape index (κ2) is 7.22. The number of hydrogen-bond acceptors (Lipinski definition) is 6. The van der Waals surface area contributed by atoms with Gasteiger partial charge < -0.3 is 14.1 Å². The first-order chi connectivity index (χ1) is 12.5. The summed E-state index contributed by atoms with van der Waals surface area (Å²) in [6, 6.07) is 10.9. The number of methoxy groups -OCH3 is 1. The monoisotopic (exact) mass is 354 g/mol. The third-order valence-electron chi connectivity index (χ3n) is 3.81. The number of aryl methyl sites for hydroxylation is 1. The van der Waals surface area contributed by atoms with Crippen molar-refractivity contribution in [2.75, 3.05) is 14.2 Å². The molecule has 0 atom stereocenters. The normalized spacial score (nSPS) is 10.6. The van der Waals surface area contributed by atoms with Gasteiger partial charge in [0.05, 0.1) is 25.5 Å². The molecular weight excluding hydrogens is 336 g/mol. The summed E-state index contributed by atoms with van der Waals surface area (Å²) < 4.78 is 10.2. The van der Waals surface area contributed by atoms with Crippen molar-refractivity contribution < 1.29 is 18.7 Å². The van der Waals surface area contributed by atoms with Crippen LogP contribution in [0.25, 0.3) is 5.69 Å². The predicted molar refractivity (Wildman–Crippen MR) is 91.9 cm³/mol. The lowest BCUT2D eigenvalue weighted by atomic mass is 10.2. The molecule has 0 aliphatic rings. The molecule has 0 aliphatic carbocycles. The van der Waals surface area contributed by atoms with Gasteiger partial charge in [-0.05, 0) is 25.1 Å². The molecule has 0 unspecified atom stereocenters. The Morgan fingerprint density at radius 3 is 2.69 bits per heavy atom. The summed E-state index contributed by atoms with van der Waals surface area (Å²) in [4.78, 5) is 27.0. The summed E-state index contributed by atoms with van der Waals surface area (Å²) in [7, 11) is 2.93. The number of amides is 1. The van der Waals surface area contributed by atoms with Crippen LogP contribution in [0, 0.1) is 6.92 Å². The number of hydrogen-bond donors (Lipinski definition) is 0. The zero-order valence-electron chi connectivity index (χ0n) is 14.7. The second-order valence-electron chi connectivity index (χ2n) is 5.69. The number of rotatable bonds is 5. The van der Waals surface area contributed by atoms with Crippen molar-refractivity contribution in [1.29, 1.82) is 0 Å². The molecule has 8 nitrogen and oxygen atoms in total. The highest BCUT2D eigenvalue weighted by Crippen LogP contribution is 2.17. The van der Waals surface area contributed by atoms with Gasteiger partial charge >= 0.3 is 5.97 Å². The minimum atomic E-state index is -0.475. The zero-order chi connectivity index (χ0) is 18.7. The van der Waals surface area contributed by atoms with Gasteiger partial charge in [0.1, 0.15) is 17.1 Å². The Hall–Kier alpha value is -3.42. The number of ether oxygens (including phenoxy) is 1. The molecule has 0 saturated heterocycles. The average Bonchev–Trinajstić information content (AvgIpc) is 3.28. The fourth-order valence-electron chi connectivity index (χ4n) is 2.48. The summed E-state index contributed by atoms with van der Waals surface area (Å²) >= 11 is 0. The highest BCUT2D eigenvalue weighted by Gasteiger charge is 2.20. The van der Waals surface area contributed by atoms with Crippen LogP contribution in [0.2, 0.25) is 0 Å². The van der Waals surface area contributed by atoms with Crippen LogP contribution in [0.3, 0.4) is 0 Å². The van der Waals surface area contributed by atoms with Crippen LogP contribution in [-0.2, 0) is 11.3 Å². The maximum Gasteiger partial charge on any atom is 0.341 e. The van der Waals surface area contributed by atoms with Crippen LogP contribution in [0.4, 0.5) is 0 Å². The third-order valence-corrected chi connectivity index (χ3v) is 3.81. The minimum absolute atomic E-state index is 0.189. The Kier molecular flexibility index (Phi) is 4.83. The smallest absolute Gasteiger partial charge is 0.341 e. The van der Waals surface area contributed by atoms with E-state index < -0.39 is 5.97 Å². The highest BCUT2D eigenvalue weighted by atomic mass is 16.5. The fourth-order valence-corrected chi connectivity index (χ4v) is 2.48. The van der Waals surface area contributed by atoms with E-state index in [0.717, 1.165) is 5.69 Å². The second-order valence-corrected chi connectivity index (χ2v) is 5.69. The molecular formula is C18H18N4O4. The Morgan fingerprint density at radius 2 is 2.00 bits per heavy atom. The lowest BCUT2D eigenvalue weighted by Gasteiger charge is -2.13. The molecule has 1 aromatic carbocycles. The van der Waals surface area contributed by atoms with Gasteiger partial charge in [0.15, 0.2) is 5.69 Å². The quantitative estimate of drug-likeness (QED) is 0.653. The van der Waals surface area contributed by atoms with Crippen molar-refractivity contribution in [1.82, 2.24) is 19.9 Å². The maximum atomic E-state index is 12.6. The summed E-state index contributed by atoms with van der Waals surface area (Å²) in [6.07, 6.45) is 1.42. The molecule has 134 valence electrons. The van der Waals surface area contributed by atoms with Crippen LogP contribution in [0.5, 0.6) is 0 Å². The van der Waals surface area contributed by atoms with Gasteiger partial charge in [0.25, 0.3) is 5.91 Å². The number of carbonyl (C=O) groups is 2. The Morgan fingerprint density at radius 1 is 1.27 bits per heavy atom. The zero-order valence-corrected chi connectivity index (χ0v) is 14.7. The largest absolute Gasteiger partial charge is 0.465 e. The minimum Gasteiger partial charge on any atom is -0.465 e. The highest BCUT2D eigenvalue weighted by molar-refractivity contribution is 5.92. The van der Waals surface area contributed by atoms with E-state index in [4.69, 9.17) is 9.15 Å². The summed E-state index contributed by atoms with van der Waals surface area (Å²) in [5.41, 5.74) is 1.32. The van der Waals surface area contributed by atoms with Gasteiger partial charge in [-0.15, -0.1) is 5.10 Å². The molecule has 0 N–H and O–H groups in total. The first-order valence-corrected chi connectivity index (χ1v) is 7.90. The van der Waals surface area contributed by atoms with Gasteiger partial charge in [-0.2, -0.15) is 9.90 Å². The molecule has 26 heavy (non-hydrogen) atoms. The number of furan rings is 1. The van der Waals surface area contributed by atoms with E-state index in [1.54, 1.807) is 20.0 Å². The fraction of sp³-hybridized carbons (Fsp3) is 0.222. The van der Waals surface area contributed by atoms with Gasteiger partial charge in [-0.25, -0.2) is 4.79 Å². The van der Waals surface area contributed by atoms with Crippen molar-refractivity contribution in [3.63, 3.8) is 0 Å². The molecule has 8 heteroatoms. The molecule has 0 aliphatic heterocycles. The number of esters is 1. The Bertz CT molecular complexity index is 930. The topological polar surface area (TPSA) is 90.5 Å². The first-order valence-electron chi connectivity index (χ1n) is 7.90. The molecule has 0 fully saturated rings. The van der Waals surface area contributed by atoms with E-state index in [1.807, 2.05) is 30.3 Å². The van der Waals surface area contributed by atoms with E-state index in [1.165, 1.54) is 23.0 Å². The SMILES string of the molecule is COC(=O)c1cc(CN(C)C(=O)c2cnn(-c3ccccc3)n2)oc1C. The molecule has 3 aromatic rings. The standard InChI is InChI=1S/C18H18N4O4/c1-12-15(18(24)25-3)9-14(26-12)11-21(2)17(23)16-10-19-22(20-16)13-7-5-4-6-8-13/h4-10H,11H2,1-3H3. The van der Waals surface area contributed by atoms with Crippen LogP contribution < -0.4 is 0 Å². The summed E-state index contributed by atoms with van der Waals surface area (Å²) in [5.74, 6) is 0.148. The van der Waals surface area contributed by atoms with E-state index in [9.17, 15) is 9.59 Å². The molecule has 0 saturated carbocycles. The van der Waals surface area contributed by atoms with Gasteiger partial charge in [0, 0.05) is 7.05 Å². The molecule has 1 amide bonds. The molecule has 2 aromatic heterocycles. The molecule has 3 rings (SSSR count). The molecule has 0 spiro atoms. The van der Waals surface area contributed by atoms with E-state index in [2.05, 4.69) is 10.2 Å². The molecule has 0 bridgehead atoms. The Labute approximate surface area is 150 Å². The number of nitrogens with zero attached hydrogens (tertiary/aromatic N) is 4. The van der Waals surface area contributed by atoms with Crippen LogP contribution in [0.1, 0.15) is 32.4 Å². The van der Waals surface area contributed by atoms with Crippen molar-refractivity contribution in [3.05, 3.63) is 65.4 Å². The van der Waals surface area contributed by atoms with Crippen LogP contribution >= 0.6 is 0 Å². The lowest BCUT2D eigenvalue weighted by Crippen LogP contribution is -2.26. The van der Waals surface area contributed by atoms with Gasteiger partial charge in [-0.3, -0.25) is 4.79 Å². The van der Waals surface area contributed by atoms with Gasteiger partial charge in [-0.1, -0.05) is 18.2 Å². The van der Waals surface area contributed by atoms with E-state index >= 15 is 0 Å². The van der Waals surface area contributed by atoms with Crippen molar-refractivity contribution in [2.24, 2.45) is 0 Å². The molecule has 0 radical (unpaired) electrons. The first kappa shape index (κ1) is 17.4. The van der Waals surface area contributed by atoms with Gasteiger partial charge in [0.2, 0.25) is 0 Å². The lowest BCUT2D eigenvalue weighted by molar-refractivity contribution is 0.0598. The van der Waals surface area contributed by atoms with Crippen molar-refractivity contribution in [3.8, 4) is 5.69 Å². The average molecular weight is 354 g/mol. The van der Waals surface area contributed by atoms with Crippen molar-refractivity contribution in [2.45, 2.75) is 13.5 Å². The van der Waals surface area contributed by atoms with E-state index in [-0.39, 0.29) is 18.1 Å². The number of aromatic nitrogens is 3. The number of para-hydroxylation sites is 1. The number of carbonyl (C=O) groups excluding carboxylic acids is 2. The summed E-state index contributed by atoms with van der Waals surface area (Å²) in [6.45, 7) is 1.86. The van der Waals surface area contributed by atoms with Crippen LogP contribution in [-0.4, -0.2) is 45.9 Å². The van der Waals surface area contributed by atoms with E-state index in [0.29, 0.717) is 17.1 Å². The Balaban J connectivity index is 1.73. The number of benzene rings is 1. The van der Waals surface area contributed by atoms with Crippen molar-refractivity contribution >= 4 is 11.9 Å². The van der Waals surface area contributed by atoms with Crippen LogP contribution in [0.15, 0.2) is 47.0 Å². The molecule has 2 heterocycles. The third kappa shape index (κ3) is 3.49. The predicted octanol–water partition coefficient (Wildman–Crippen LogP) is 2.23.